The summed E-state index contributed by atoms with van der Waals surface area (Å²) < 4.78 is 18.3. The van der Waals surface area contributed by atoms with Gasteiger partial charge in [0, 0.05) is 6.54 Å². The minimum Gasteiger partial charge on any atom is -0.486 e. The fourth-order valence-corrected chi connectivity index (χ4v) is 1.22. The van der Waals surface area contributed by atoms with Gasteiger partial charge in [0.1, 0.15) is 12.7 Å². The molecule has 0 saturated carbocycles. The molecule has 1 rings (SSSR count). The summed E-state index contributed by atoms with van der Waals surface area (Å²) in [5.74, 6) is -0.584. The van der Waals surface area contributed by atoms with Crippen molar-refractivity contribution in [2.24, 2.45) is 5.73 Å². The standard InChI is InChI=1S/C10H13ClFNO2/c1-6-2-3-8(12)10(9(6)11)15-5-7(14)4-13/h2-3,7,14H,4-5,13H2,1H3. The van der Waals surface area contributed by atoms with Crippen LogP contribution in [0.25, 0.3) is 0 Å². The summed E-state index contributed by atoms with van der Waals surface area (Å²) in [5, 5.41) is 9.38. The van der Waals surface area contributed by atoms with Gasteiger partial charge in [0.15, 0.2) is 11.6 Å². The first-order valence-electron chi connectivity index (χ1n) is 4.51. The van der Waals surface area contributed by atoms with Crippen LogP contribution in [0.15, 0.2) is 12.1 Å². The van der Waals surface area contributed by atoms with Crippen LogP contribution in [0.5, 0.6) is 5.75 Å². The average molecular weight is 234 g/mol. The van der Waals surface area contributed by atoms with Crippen LogP contribution in [0.4, 0.5) is 4.39 Å². The number of rotatable bonds is 4. The lowest BCUT2D eigenvalue weighted by molar-refractivity contribution is 0.112. The van der Waals surface area contributed by atoms with Crippen LogP contribution in [0.1, 0.15) is 5.56 Å². The Hall–Kier alpha value is -0.840. The SMILES string of the molecule is Cc1ccc(F)c(OCC(O)CN)c1Cl. The van der Waals surface area contributed by atoms with Crippen LogP contribution in [0.2, 0.25) is 5.02 Å². The van der Waals surface area contributed by atoms with E-state index in [0.717, 1.165) is 5.56 Å². The van der Waals surface area contributed by atoms with Crippen LogP contribution in [0, 0.1) is 12.7 Å². The second kappa shape index (κ2) is 5.30. The lowest BCUT2D eigenvalue weighted by atomic mass is 10.2. The highest BCUT2D eigenvalue weighted by Crippen LogP contribution is 2.30. The highest BCUT2D eigenvalue weighted by molar-refractivity contribution is 6.32. The Morgan fingerprint density at radius 3 is 2.87 bits per heavy atom. The normalized spacial score (nSPS) is 12.6. The van der Waals surface area contributed by atoms with Crippen molar-refractivity contribution in [3.8, 4) is 5.75 Å². The van der Waals surface area contributed by atoms with Crippen molar-refractivity contribution in [3.05, 3.63) is 28.5 Å². The average Bonchev–Trinajstić information content (AvgIpc) is 2.23. The number of aliphatic hydroxyl groups excluding tert-OH is 1. The quantitative estimate of drug-likeness (QED) is 0.829. The predicted molar refractivity (Wildman–Crippen MR) is 56.7 cm³/mol. The Morgan fingerprint density at radius 2 is 2.27 bits per heavy atom. The zero-order valence-electron chi connectivity index (χ0n) is 8.34. The lowest BCUT2D eigenvalue weighted by Crippen LogP contribution is -2.26. The number of hydrogen-bond acceptors (Lipinski definition) is 3. The molecule has 0 aromatic heterocycles. The molecular formula is C10H13ClFNO2. The summed E-state index contributed by atoms with van der Waals surface area (Å²) in [7, 11) is 0. The molecule has 0 bridgehead atoms. The fourth-order valence-electron chi connectivity index (χ4n) is 1.01. The Kier molecular flexibility index (Phi) is 4.32. The fraction of sp³-hybridized carbons (Fsp3) is 0.400. The maximum atomic E-state index is 13.3. The van der Waals surface area contributed by atoms with Crippen molar-refractivity contribution in [2.45, 2.75) is 13.0 Å². The molecule has 1 atom stereocenters. The molecule has 0 radical (unpaired) electrons. The highest BCUT2D eigenvalue weighted by Gasteiger charge is 2.12. The van der Waals surface area contributed by atoms with E-state index in [0.29, 0.717) is 0 Å². The van der Waals surface area contributed by atoms with Gasteiger partial charge in [-0.1, -0.05) is 17.7 Å². The Bertz CT molecular complexity index is 346. The summed E-state index contributed by atoms with van der Waals surface area (Å²) in [6, 6.07) is 2.83. The van der Waals surface area contributed by atoms with Crippen molar-refractivity contribution >= 4 is 11.6 Å². The Balaban J connectivity index is 2.80. The molecule has 0 aliphatic carbocycles. The smallest absolute Gasteiger partial charge is 0.173 e. The van der Waals surface area contributed by atoms with Gasteiger partial charge in [0.05, 0.1) is 5.02 Å². The summed E-state index contributed by atoms with van der Waals surface area (Å²) >= 11 is 5.85. The molecule has 1 unspecified atom stereocenters. The molecule has 1 aromatic rings. The van der Waals surface area contributed by atoms with E-state index >= 15 is 0 Å². The zero-order valence-corrected chi connectivity index (χ0v) is 9.09. The van der Waals surface area contributed by atoms with E-state index in [-0.39, 0.29) is 23.9 Å². The van der Waals surface area contributed by atoms with Gasteiger partial charge in [-0.15, -0.1) is 0 Å². The third kappa shape index (κ3) is 3.06. The second-order valence-electron chi connectivity index (χ2n) is 3.21. The van der Waals surface area contributed by atoms with Gasteiger partial charge in [-0.05, 0) is 18.6 Å². The van der Waals surface area contributed by atoms with E-state index in [1.807, 2.05) is 0 Å². The van der Waals surface area contributed by atoms with E-state index in [1.165, 1.54) is 6.07 Å². The summed E-state index contributed by atoms with van der Waals surface area (Å²) in [6.07, 6.45) is -0.819. The summed E-state index contributed by atoms with van der Waals surface area (Å²) in [5.41, 5.74) is 5.90. The highest BCUT2D eigenvalue weighted by atomic mass is 35.5. The number of benzene rings is 1. The summed E-state index contributed by atoms with van der Waals surface area (Å²) in [6.45, 7) is 1.73. The largest absolute Gasteiger partial charge is 0.486 e. The molecule has 0 heterocycles. The van der Waals surface area contributed by atoms with Crippen LogP contribution in [-0.4, -0.2) is 24.4 Å². The summed E-state index contributed by atoms with van der Waals surface area (Å²) in [4.78, 5) is 0. The van der Waals surface area contributed by atoms with Gasteiger partial charge in [-0.3, -0.25) is 0 Å². The van der Waals surface area contributed by atoms with E-state index in [1.54, 1.807) is 13.0 Å². The van der Waals surface area contributed by atoms with Crippen LogP contribution < -0.4 is 10.5 Å². The first-order chi connectivity index (χ1) is 7.06. The molecule has 3 N–H and O–H groups in total. The molecule has 15 heavy (non-hydrogen) atoms. The first kappa shape index (κ1) is 12.2. The van der Waals surface area contributed by atoms with E-state index in [9.17, 15) is 4.39 Å². The predicted octanol–water partition coefficient (Wildman–Crippen LogP) is 1.49. The molecule has 3 nitrogen and oxygen atoms in total. The van der Waals surface area contributed by atoms with Gasteiger partial charge in [-0.2, -0.15) is 0 Å². The number of nitrogens with two attached hydrogens (primary N) is 1. The molecule has 5 heteroatoms. The van der Waals surface area contributed by atoms with Crippen molar-refractivity contribution in [1.29, 1.82) is 0 Å². The van der Waals surface area contributed by atoms with Crippen LogP contribution >= 0.6 is 11.6 Å². The molecule has 0 amide bonds. The van der Waals surface area contributed by atoms with E-state index < -0.39 is 11.9 Å². The minimum atomic E-state index is -0.819. The van der Waals surface area contributed by atoms with Gasteiger partial charge < -0.3 is 15.6 Å². The Labute approximate surface area is 92.6 Å². The minimum absolute atomic E-state index is 0.0378. The molecule has 1 aromatic carbocycles. The number of halogens is 2. The van der Waals surface area contributed by atoms with Gasteiger partial charge in [-0.25, -0.2) is 4.39 Å². The molecule has 0 fully saturated rings. The third-order valence-electron chi connectivity index (χ3n) is 1.93. The third-order valence-corrected chi connectivity index (χ3v) is 2.40. The maximum absolute atomic E-state index is 13.3. The van der Waals surface area contributed by atoms with Gasteiger partial charge in [0.25, 0.3) is 0 Å². The van der Waals surface area contributed by atoms with Crippen molar-refractivity contribution in [3.63, 3.8) is 0 Å². The van der Waals surface area contributed by atoms with E-state index in [4.69, 9.17) is 27.2 Å². The van der Waals surface area contributed by atoms with Crippen molar-refractivity contribution in [1.82, 2.24) is 0 Å². The van der Waals surface area contributed by atoms with E-state index in [2.05, 4.69) is 0 Å². The number of aliphatic hydroxyl groups is 1. The van der Waals surface area contributed by atoms with Gasteiger partial charge >= 0.3 is 0 Å². The molecule has 0 aliphatic rings. The zero-order chi connectivity index (χ0) is 11.4. The molecule has 0 saturated heterocycles. The second-order valence-corrected chi connectivity index (χ2v) is 3.59. The molecule has 84 valence electrons. The van der Waals surface area contributed by atoms with Crippen LogP contribution in [0.3, 0.4) is 0 Å². The molecule has 0 spiro atoms. The number of hydrogen-bond donors (Lipinski definition) is 2. The van der Waals surface area contributed by atoms with Crippen molar-refractivity contribution in [2.75, 3.05) is 13.2 Å². The maximum Gasteiger partial charge on any atom is 0.173 e. The molecular weight excluding hydrogens is 221 g/mol. The first-order valence-corrected chi connectivity index (χ1v) is 4.89. The van der Waals surface area contributed by atoms with Gasteiger partial charge in [0.2, 0.25) is 0 Å². The topological polar surface area (TPSA) is 55.5 Å². The lowest BCUT2D eigenvalue weighted by Gasteiger charge is -2.13. The van der Waals surface area contributed by atoms with Crippen molar-refractivity contribution < 1.29 is 14.2 Å². The molecule has 0 aliphatic heterocycles. The van der Waals surface area contributed by atoms with Crippen LogP contribution in [-0.2, 0) is 0 Å². The Morgan fingerprint density at radius 1 is 1.60 bits per heavy atom. The number of ether oxygens (including phenoxy) is 1. The monoisotopic (exact) mass is 233 g/mol. The number of aryl methyl sites for hydroxylation is 1.